The summed E-state index contributed by atoms with van der Waals surface area (Å²) >= 11 is 0.956. The largest absolute Gasteiger partial charge is 0.497 e. The number of halogens is 3. The summed E-state index contributed by atoms with van der Waals surface area (Å²) in [4.78, 5) is 10.4. The lowest BCUT2D eigenvalue weighted by molar-refractivity contribution is -0.140. The normalized spacial score (nSPS) is 11.3. The van der Waals surface area contributed by atoms with Crippen molar-refractivity contribution in [2.45, 2.75) is 16.1 Å². The minimum absolute atomic E-state index is 0.140. The number of aromatic nitrogens is 2. The van der Waals surface area contributed by atoms with Crippen LogP contribution in [-0.4, -0.2) is 24.1 Å². The van der Waals surface area contributed by atoms with Crippen LogP contribution in [0.4, 0.5) is 24.8 Å². The number of alkyl halides is 3. The van der Waals surface area contributed by atoms with E-state index in [0.29, 0.717) is 10.6 Å². The van der Waals surface area contributed by atoms with Crippen molar-refractivity contribution in [2.75, 3.05) is 19.1 Å². The number of methoxy groups -OCH3 is 1. The molecule has 0 fully saturated rings. The average Bonchev–Trinajstić information content (AvgIpc) is 2.67. The Hall–Kier alpha value is -2.74. The second-order valence-corrected chi connectivity index (χ2v) is 6.62. The molecular formula is C19H16F3N3OS. The van der Waals surface area contributed by atoms with Gasteiger partial charge in [0, 0.05) is 23.8 Å². The molecule has 3 rings (SSSR count). The highest BCUT2D eigenvalue weighted by Gasteiger charge is 2.35. The zero-order valence-corrected chi connectivity index (χ0v) is 15.4. The summed E-state index contributed by atoms with van der Waals surface area (Å²) in [6.45, 7) is 0. The molecule has 4 nitrogen and oxygen atoms in total. The fourth-order valence-electron chi connectivity index (χ4n) is 2.31. The van der Waals surface area contributed by atoms with Crippen LogP contribution in [0.25, 0.3) is 0 Å². The Kier molecular flexibility index (Phi) is 5.55. The topological polar surface area (TPSA) is 38.2 Å². The fraction of sp³-hybridized carbons (Fsp3) is 0.158. The van der Waals surface area contributed by atoms with Crippen LogP contribution in [0.2, 0.25) is 0 Å². The van der Waals surface area contributed by atoms with E-state index in [2.05, 4.69) is 9.97 Å². The van der Waals surface area contributed by atoms with Gasteiger partial charge in [-0.15, -0.1) is 0 Å². The maximum Gasteiger partial charge on any atom is 0.420 e. The van der Waals surface area contributed by atoms with Crippen molar-refractivity contribution in [1.82, 2.24) is 9.97 Å². The summed E-state index contributed by atoms with van der Waals surface area (Å²) in [5.41, 5.74) is -0.130. The Morgan fingerprint density at radius 3 is 2.26 bits per heavy atom. The van der Waals surface area contributed by atoms with Crippen LogP contribution < -0.4 is 9.64 Å². The van der Waals surface area contributed by atoms with Gasteiger partial charge in [-0.25, -0.2) is 9.97 Å². The zero-order valence-electron chi connectivity index (χ0n) is 14.6. The molecule has 0 atom stereocenters. The summed E-state index contributed by atoms with van der Waals surface area (Å²) in [5, 5.41) is -0.140. The van der Waals surface area contributed by atoms with E-state index in [1.807, 2.05) is 0 Å². The molecule has 0 spiro atoms. The van der Waals surface area contributed by atoms with Crippen LogP contribution in [0.3, 0.4) is 0 Å². The summed E-state index contributed by atoms with van der Waals surface area (Å²) in [5.74, 6) is 0.854. The van der Waals surface area contributed by atoms with E-state index >= 15 is 0 Å². The molecule has 140 valence electrons. The minimum atomic E-state index is -4.53. The van der Waals surface area contributed by atoms with Gasteiger partial charge in [0.2, 0.25) is 5.95 Å². The van der Waals surface area contributed by atoms with Gasteiger partial charge in [0.05, 0.1) is 7.11 Å². The fourth-order valence-corrected chi connectivity index (χ4v) is 3.23. The van der Waals surface area contributed by atoms with Crippen molar-refractivity contribution < 1.29 is 17.9 Å². The summed E-state index contributed by atoms with van der Waals surface area (Å²) in [6.07, 6.45) is -3.71. The SMILES string of the molecule is COc1ccc(N(C)c2ncc(C(F)(F)F)c(Sc3ccccc3)n2)cc1. The number of hydrogen-bond acceptors (Lipinski definition) is 5. The number of nitrogens with zero attached hydrogens (tertiary/aromatic N) is 3. The molecule has 0 unspecified atom stereocenters. The third-order valence-electron chi connectivity index (χ3n) is 3.76. The molecule has 2 aromatic carbocycles. The summed E-state index contributed by atoms with van der Waals surface area (Å²) in [6, 6.07) is 15.9. The number of anilines is 2. The maximum absolute atomic E-state index is 13.4. The van der Waals surface area contributed by atoms with Gasteiger partial charge < -0.3 is 9.64 Å². The highest BCUT2D eigenvalue weighted by atomic mass is 32.2. The van der Waals surface area contributed by atoms with Crippen molar-refractivity contribution in [2.24, 2.45) is 0 Å². The summed E-state index contributed by atoms with van der Waals surface area (Å²) < 4.78 is 45.2. The molecule has 0 bridgehead atoms. The molecule has 0 aliphatic carbocycles. The van der Waals surface area contributed by atoms with E-state index in [1.54, 1.807) is 73.7 Å². The first-order chi connectivity index (χ1) is 12.9. The van der Waals surface area contributed by atoms with Gasteiger partial charge in [-0.3, -0.25) is 0 Å². The molecule has 1 aromatic heterocycles. The number of rotatable bonds is 5. The molecule has 3 aromatic rings. The first-order valence-electron chi connectivity index (χ1n) is 7.93. The van der Waals surface area contributed by atoms with Gasteiger partial charge in [0.15, 0.2) is 0 Å². The average molecular weight is 391 g/mol. The van der Waals surface area contributed by atoms with Crippen LogP contribution in [0.15, 0.2) is 70.7 Å². The van der Waals surface area contributed by atoms with E-state index in [0.717, 1.165) is 23.6 Å². The van der Waals surface area contributed by atoms with Crippen LogP contribution in [0.1, 0.15) is 5.56 Å². The first-order valence-corrected chi connectivity index (χ1v) is 8.75. The number of ether oxygens (including phenoxy) is 1. The molecule has 27 heavy (non-hydrogen) atoms. The molecule has 0 aliphatic rings. The lowest BCUT2D eigenvalue weighted by atomic mass is 10.3. The molecule has 0 amide bonds. The van der Waals surface area contributed by atoms with E-state index in [4.69, 9.17) is 4.74 Å². The molecule has 0 N–H and O–H groups in total. The number of benzene rings is 2. The van der Waals surface area contributed by atoms with Crippen molar-refractivity contribution in [3.05, 3.63) is 66.4 Å². The highest BCUT2D eigenvalue weighted by molar-refractivity contribution is 7.99. The molecule has 0 saturated carbocycles. The van der Waals surface area contributed by atoms with Gasteiger partial charge >= 0.3 is 6.18 Å². The Labute approximate surface area is 159 Å². The van der Waals surface area contributed by atoms with Gasteiger partial charge in [0.25, 0.3) is 0 Å². The van der Waals surface area contributed by atoms with Crippen molar-refractivity contribution in [3.63, 3.8) is 0 Å². The van der Waals surface area contributed by atoms with Crippen LogP contribution in [0, 0.1) is 0 Å². The van der Waals surface area contributed by atoms with Crippen molar-refractivity contribution in [3.8, 4) is 5.75 Å². The second-order valence-electron chi connectivity index (χ2n) is 5.56. The van der Waals surface area contributed by atoms with Crippen molar-refractivity contribution >= 4 is 23.4 Å². The predicted molar refractivity (Wildman–Crippen MR) is 98.7 cm³/mol. The third kappa shape index (κ3) is 4.51. The minimum Gasteiger partial charge on any atom is -0.497 e. The van der Waals surface area contributed by atoms with Crippen LogP contribution >= 0.6 is 11.8 Å². The van der Waals surface area contributed by atoms with Gasteiger partial charge in [-0.2, -0.15) is 13.2 Å². The lowest BCUT2D eigenvalue weighted by Gasteiger charge is -2.19. The van der Waals surface area contributed by atoms with Crippen LogP contribution in [-0.2, 0) is 6.18 Å². The third-order valence-corrected chi connectivity index (χ3v) is 4.78. The van der Waals surface area contributed by atoms with E-state index < -0.39 is 11.7 Å². The van der Waals surface area contributed by atoms with Gasteiger partial charge in [-0.1, -0.05) is 30.0 Å². The quantitative estimate of drug-likeness (QED) is 0.543. The Bertz CT molecular complexity index is 902. The Balaban J connectivity index is 1.97. The van der Waals surface area contributed by atoms with E-state index in [-0.39, 0.29) is 11.0 Å². The molecule has 1 heterocycles. The maximum atomic E-state index is 13.4. The van der Waals surface area contributed by atoms with E-state index in [1.165, 1.54) is 0 Å². The van der Waals surface area contributed by atoms with Gasteiger partial charge in [-0.05, 0) is 36.4 Å². The molecular weight excluding hydrogens is 375 g/mol. The monoisotopic (exact) mass is 391 g/mol. The highest BCUT2D eigenvalue weighted by Crippen LogP contribution is 2.39. The van der Waals surface area contributed by atoms with Crippen molar-refractivity contribution in [1.29, 1.82) is 0 Å². The zero-order chi connectivity index (χ0) is 19.4. The summed E-state index contributed by atoms with van der Waals surface area (Å²) in [7, 11) is 3.26. The predicted octanol–water partition coefficient (Wildman–Crippen LogP) is 5.42. The smallest absolute Gasteiger partial charge is 0.420 e. The molecule has 0 radical (unpaired) electrons. The first kappa shape index (κ1) is 19.0. The lowest BCUT2D eigenvalue weighted by Crippen LogP contribution is -2.16. The standard InChI is InChI=1S/C19H16F3N3OS/c1-25(13-8-10-14(26-2)11-9-13)18-23-12-16(19(20,21)22)17(24-18)27-15-6-4-3-5-7-15/h3-12H,1-2H3. The second kappa shape index (κ2) is 7.87. The van der Waals surface area contributed by atoms with Crippen LogP contribution in [0.5, 0.6) is 5.75 Å². The van der Waals surface area contributed by atoms with Gasteiger partial charge in [0.1, 0.15) is 16.3 Å². The Morgan fingerprint density at radius 1 is 1.00 bits per heavy atom. The Morgan fingerprint density at radius 2 is 1.67 bits per heavy atom. The van der Waals surface area contributed by atoms with E-state index in [9.17, 15) is 13.2 Å². The molecule has 8 heteroatoms. The molecule has 0 aliphatic heterocycles. The molecule has 0 saturated heterocycles. The number of hydrogen-bond donors (Lipinski definition) is 0.